The zero-order valence-corrected chi connectivity index (χ0v) is 7.67. The number of hydrogen-bond donors (Lipinski definition) is 1. The van der Waals surface area contributed by atoms with E-state index in [1.54, 1.807) is 0 Å². The molecule has 3 saturated carbocycles. The van der Waals surface area contributed by atoms with Crippen LogP contribution < -0.4 is 0 Å². The molecule has 3 aliphatic carbocycles. The van der Waals surface area contributed by atoms with E-state index in [0.717, 1.165) is 17.7 Å². The lowest BCUT2D eigenvalue weighted by atomic mass is 9.47. The molecule has 0 aromatic rings. The Bertz CT molecular complexity index is 265. The van der Waals surface area contributed by atoms with Crippen molar-refractivity contribution in [2.24, 2.45) is 22.4 Å². The lowest BCUT2D eigenvalue weighted by Gasteiger charge is -2.57. The van der Waals surface area contributed by atoms with Crippen molar-refractivity contribution in [3.63, 3.8) is 0 Å². The molecule has 2 nitrogen and oxygen atoms in total. The molecule has 0 aromatic carbocycles. The van der Waals surface area contributed by atoms with E-state index in [1.807, 2.05) is 0 Å². The lowest BCUT2D eigenvalue weighted by Crippen LogP contribution is -2.52. The van der Waals surface area contributed by atoms with Gasteiger partial charge in [0.25, 0.3) is 0 Å². The maximum absolute atomic E-state index is 8.70. The van der Waals surface area contributed by atoms with Gasteiger partial charge in [-0.2, -0.15) is 0 Å². The van der Waals surface area contributed by atoms with Crippen molar-refractivity contribution >= 4 is 5.71 Å². The van der Waals surface area contributed by atoms with E-state index < -0.39 is 0 Å². The Balaban J connectivity index is 2.28. The molecule has 0 radical (unpaired) electrons. The van der Waals surface area contributed by atoms with Crippen molar-refractivity contribution in [2.75, 3.05) is 0 Å². The van der Waals surface area contributed by atoms with E-state index in [-0.39, 0.29) is 0 Å². The molecule has 1 N–H and O–H groups in total. The number of oxime groups is 1. The highest BCUT2D eigenvalue weighted by atomic mass is 16.4. The van der Waals surface area contributed by atoms with Gasteiger partial charge >= 0.3 is 0 Å². The maximum atomic E-state index is 8.70. The topological polar surface area (TPSA) is 32.6 Å². The molecule has 3 fully saturated rings. The minimum Gasteiger partial charge on any atom is -0.411 e. The van der Waals surface area contributed by atoms with Gasteiger partial charge in [-0.05, 0) is 35.7 Å². The van der Waals surface area contributed by atoms with Crippen LogP contribution in [0.4, 0.5) is 0 Å². The molecule has 2 heteroatoms. The second kappa shape index (κ2) is 2.12. The Hall–Kier alpha value is -0.790. The van der Waals surface area contributed by atoms with E-state index in [2.05, 4.69) is 25.6 Å². The zero-order valence-electron chi connectivity index (χ0n) is 7.67. The van der Waals surface area contributed by atoms with Gasteiger partial charge in [0.15, 0.2) is 0 Å². The summed E-state index contributed by atoms with van der Waals surface area (Å²) < 4.78 is 0. The van der Waals surface area contributed by atoms with Crippen molar-refractivity contribution in [3.05, 3.63) is 12.2 Å². The largest absolute Gasteiger partial charge is 0.411 e. The molecule has 3 rings (SSSR count). The maximum Gasteiger partial charge on any atom is 0.0827 e. The summed E-state index contributed by atoms with van der Waals surface area (Å²) in [4.78, 5) is 0. The Morgan fingerprint density at radius 3 is 2.67 bits per heavy atom. The van der Waals surface area contributed by atoms with Crippen LogP contribution in [-0.4, -0.2) is 10.9 Å². The molecule has 0 aliphatic heterocycles. The minimum atomic E-state index is 0.394. The fourth-order valence-corrected chi connectivity index (χ4v) is 2.62. The normalized spacial score (nSPS) is 41.2. The molecule has 66 valence electrons. The van der Waals surface area contributed by atoms with Crippen LogP contribution in [0.5, 0.6) is 0 Å². The van der Waals surface area contributed by atoms with Gasteiger partial charge in [-0.3, -0.25) is 0 Å². The highest BCUT2D eigenvalue weighted by Gasteiger charge is 2.53. The molecule has 0 saturated heterocycles. The van der Waals surface area contributed by atoms with Gasteiger partial charge < -0.3 is 5.21 Å². The number of rotatable bonds is 0. The average molecular weight is 165 g/mol. The lowest BCUT2D eigenvalue weighted by molar-refractivity contribution is 0.000700. The second-order valence-electron chi connectivity index (χ2n) is 4.58. The van der Waals surface area contributed by atoms with E-state index in [4.69, 9.17) is 5.21 Å². The van der Waals surface area contributed by atoms with Crippen molar-refractivity contribution in [1.29, 1.82) is 0 Å². The molecule has 2 bridgehead atoms. The summed E-state index contributed by atoms with van der Waals surface area (Å²) in [5.74, 6) is 1.26. The summed E-state index contributed by atoms with van der Waals surface area (Å²) in [5.41, 5.74) is 2.28. The molecule has 0 spiro atoms. The quantitative estimate of drug-likeness (QED) is 0.434. The second-order valence-corrected chi connectivity index (χ2v) is 4.58. The highest BCUT2D eigenvalue weighted by Crippen LogP contribution is 2.59. The Morgan fingerprint density at radius 1 is 1.58 bits per heavy atom. The third-order valence-corrected chi connectivity index (χ3v) is 3.82. The Labute approximate surface area is 73.0 Å². The van der Waals surface area contributed by atoms with Crippen LogP contribution in [0, 0.1) is 17.3 Å². The molecular formula is C10H15NO. The van der Waals surface area contributed by atoms with Gasteiger partial charge in [-0.15, -0.1) is 0 Å². The van der Waals surface area contributed by atoms with Crippen LogP contribution in [0.3, 0.4) is 0 Å². The first-order valence-corrected chi connectivity index (χ1v) is 4.47. The van der Waals surface area contributed by atoms with Crippen LogP contribution in [-0.2, 0) is 0 Å². The molecule has 2 atom stereocenters. The molecule has 0 heterocycles. The molecular weight excluding hydrogens is 150 g/mol. The smallest absolute Gasteiger partial charge is 0.0827 e. The number of allylic oxidation sites excluding steroid dienone is 1. The summed E-state index contributed by atoms with van der Waals surface area (Å²) in [5, 5.41) is 12.0. The van der Waals surface area contributed by atoms with Gasteiger partial charge in [0, 0.05) is 0 Å². The van der Waals surface area contributed by atoms with E-state index >= 15 is 0 Å². The third kappa shape index (κ3) is 0.728. The van der Waals surface area contributed by atoms with Crippen LogP contribution in [0.2, 0.25) is 0 Å². The summed E-state index contributed by atoms with van der Waals surface area (Å²) in [6, 6.07) is 0. The predicted octanol–water partition coefficient (Wildman–Crippen LogP) is 2.44. The Kier molecular flexibility index (Phi) is 1.39. The Morgan fingerprint density at radius 2 is 2.25 bits per heavy atom. The van der Waals surface area contributed by atoms with Crippen molar-refractivity contribution in [2.45, 2.75) is 26.7 Å². The highest BCUT2D eigenvalue weighted by molar-refractivity contribution is 6.01. The fourth-order valence-electron chi connectivity index (χ4n) is 2.62. The van der Waals surface area contributed by atoms with Gasteiger partial charge in [-0.1, -0.05) is 25.6 Å². The van der Waals surface area contributed by atoms with E-state index in [1.165, 1.54) is 6.42 Å². The van der Waals surface area contributed by atoms with Crippen molar-refractivity contribution < 1.29 is 5.21 Å². The molecule has 0 aromatic heterocycles. The summed E-state index contributed by atoms with van der Waals surface area (Å²) in [7, 11) is 0. The van der Waals surface area contributed by atoms with Gasteiger partial charge in [-0.25, -0.2) is 0 Å². The number of nitrogens with zero attached hydrogens (tertiary/aromatic N) is 1. The van der Waals surface area contributed by atoms with Gasteiger partial charge in [0.1, 0.15) is 0 Å². The molecule has 12 heavy (non-hydrogen) atoms. The van der Waals surface area contributed by atoms with Crippen LogP contribution in [0.25, 0.3) is 0 Å². The van der Waals surface area contributed by atoms with Crippen LogP contribution in [0.15, 0.2) is 17.3 Å². The monoisotopic (exact) mass is 165 g/mol. The van der Waals surface area contributed by atoms with Crippen LogP contribution in [0.1, 0.15) is 26.7 Å². The van der Waals surface area contributed by atoms with E-state index in [9.17, 15) is 0 Å². The average Bonchev–Trinajstić information content (AvgIpc) is 2.03. The first-order valence-electron chi connectivity index (χ1n) is 4.47. The van der Waals surface area contributed by atoms with Gasteiger partial charge in [0.05, 0.1) is 5.71 Å². The zero-order chi connectivity index (χ0) is 8.93. The summed E-state index contributed by atoms with van der Waals surface area (Å²) >= 11 is 0. The predicted molar refractivity (Wildman–Crippen MR) is 48.4 cm³/mol. The summed E-state index contributed by atoms with van der Waals surface area (Å²) in [6.07, 6.45) is 2.16. The standard InChI is InChI=1S/C10H15NO/c1-6-8-4-7(10(8,2)3)5-9(6)11-12/h7-8,12H,1,4-5H2,2-3H3/b11-9-/t7-,8+/m1/s1. The third-order valence-electron chi connectivity index (χ3n) is 3.82. The van der Waals surface area contributed by atoms with Crippen molar-refractivity contribution in [3.8, 4) is 0 Å². The summed E-state index contributed by atoms with van der Waals surface area (Å²) in [6.45, 7) is 8.56. The SMILES string of the molecule is C=C1/C(=N\O)C[C@H]2C[C@@H]1C2(C)C. The fraction of sp³-hybridized carbons (Fsp3) is 0.700. The first-order chi connectivity index (χ1) is 5.57. The minimum absolute atomic E-state index is 0.394. The van der Waals surface area contributed by atoms with Crippen molar-refractivity contribution in [1.82, 2.24) is 0 Å². The number of hydrogen-bond acceptors (Lipinski definition) is 2. The van der Waals surface area contributed by atoms with Crippen LogP contribution >= 0.6 is 0 Å². The van der Waals surface area contributed by atoms with E-state index in [0.29, 0.717) is 17.3 Å². The molecule has 3 aliphatic rings. The number of fused-ring (bicyclic) bond motifs is 2. The molecule has 0 amide bonds. The van der Waals surface area contributed by atoms with Gasteiger partial charge in [0.2, 0.25) is 0 Å². The molecule has 0 unspecified atom stereocenters. The first kappa shape index (κ1) is 7.84.